The number of alkyl halides is 2. The van der Waals surface area contributed by atoms with Crippen molar-refractivity contribution < 1.29 is 22.8 Å². The highest BCUT2D eigenvalue weighted by Crippen LogP contribution is 2.39. The fourth-order valence-electron chi connectivity index (χ4n) is 2.06. The Morgan fingerprint density at radius 3 is 1.95 bits per heavy atom. The van der Waals surface area contributed by atoms with Crippen LogP contribution in [0.1, 0.15) is 39.2 Å². The monoisotopic (exact) mass is 299 g/mol. The van der Waals surface area contributed by atoms with Gasteiger partial charge in [-0.1, -0.05) is 12.1 Å². The fraction of sp³-hybridized carbons (Fsp3) is 0.571. The molecule has 1 aromatic carbocycles. The minimum absolute atomic E-state index is 0.0925. The van der Waals surface area contributed by atoms with E-state index in [1.807, 2.05) is 27.7 Å². The van der Waals surface area contributed by atoms with Crippen LogP contribution in [0.15, 0.2) is 24.3 Å². The van der Waals surface area contributed by atoms with Crippen molar-refractivity contribution in [3.63, 3.8) is 0 Å². The van der Waals surface area contributed by atoms with Crippen LogP contribution >= 0.6 is 0 Å². The molecule has 0 amide bonds. The van der Waals surface area contributed by atoms with E-state index >= 15 is 0 Å². The van der Waals surface area contributed by atoms with Crippen LogP contribution in [-0.4, -0.2) is 24.9 Å². The van der Waals surface area contributed by atoms with Gasteiger partial charge in [-0.2, -0.15) is 8.78 Å². The molecule has 1 aromatic rings. The zero-order valence-corrected chi connectivity index (χ0v) is 12.6. The van der Waals surface area contributed by atoms with Crippen molar-refractivity contribution in [1.82, 2.24) is 0 Å². The Kier molecular flexibility index (Phi) is 4.28. The SMILES string of the molecule is CC1(C)OB([C@H](N)c2ccc(OC(F)F)cc2)OC1(C)C. The van der Waals surface area contributed by atoms with E-state index in [1.165, 1.54) is 12.1 Å². The number of rotatable bonds is 4. The number of nitrogens with two attached hydrogens (primary N) is 1. The van der Waals surface area contributed by atoms with E-state index in [4.69, 9.17) is 15.0 Å². The highest BCUT2D eigenvalue weighted by molar-refractivity contribution is 6.47. The lowest BCUT2D eigenvalue weighted by atomic mass is 9.75. The van der Waals surface area contributed by atoms with Gasteiger partial charge in [-0.15, -0.1) is 0 Å². The van der Waals surface area contributed by atoms with Crippen LogP contribution in [0.3, 0.4) is 0 Å². The molecule has 116 valence electrons. The summed E-state index contributed by atoms with van der Waals surface area (Å²) < 4.78 is 40.3. The number of hydrogen-bond donors (Lipinski definition) is 1. The van der Waals surface area contributed by atoms with E-state index in [1.54, 1.807) is 12.1 Å². The van der Waals surface area contributed by atoms with Crippen LogP contribution in [0.5, 0.6) is 5.75 Å². The van der Waals surface area contributed by atoms with Gasteiger partial charge in [-0.3, -0.25) is 0 Å². The molecule has 4 nitrogen and oxygen atoms in total. The molecule has 7 heteroatoms. The topological polar surface area (TPSA) is 53.7 Å². The van der Waals surface area contributed by atoms with Gasteiger partial charge in [0.05, 0.1) is 17.1 Å². The van der Waals surface area contributed by atoms with Crippen molar-refractivity contribution >= 4 is 7.12 Å². The Morgan fingerprint density at radius 2 is 1.52 bits per heavy atom. The predicted octanol–water partition coefficient (Wildman–Crippen LogP) is 2.92. The molecule has 1 atom stereocenters. The lowest BCUT2D eigenvalue weighted by Gasteiger charge is -2.32. The summed E-state index contributed by atoms with van der Waals surface area (Å²) in [5.74, 6) is -0.415. The summed E-state index contributed by atoms with van der Waals surface area (Å²) in [5.41, 5.74) is 5.96. The molecule has 0 radical (unpaired) electrons. The van der Waals surface area contributed by atoms with Crippen LogP contribution in [0.25, 0.3) is 0 Å². The third-order valence-corrected chi connectivity index (χ3v) is 4.05. The zero-order valence-electron chi connectivity index (χ0n) is 12.6. The van der Waals surface area contributed by atoms with Crippen LogP contribution in [0.2, 0.25) is 0 Å². The van der Waals surface area contributed by atoms with E-state index in [-0.39, 0.29) is 5.75 Å². The van der Waals surface area contributed by atoms with Gasteiger partial charge in [0.25, 0.3) is 0 Å². The van der Waals surface area contributed by atoms with Crippen molar-refractivity contribution in [2.45, 2.75) is 51.4 Å². The van der Waals surface area contributed by atoms with Crippen molar-refractivity contribution in [2.75, 3.05) is 0 Å². The molecule has 2 rings (SSSR count). The lowest BCUT2D eigenvalue weighted by molar-refractivity contribution is -0.0498. The molecule has 1 heterocycles. The molecule has 2 N–H and O–H groups in total. The van der Waals surface area contributed by atoms with Crippen LogP contribution < -0.4 is 10.5 Å². The summed E-state index contributed by atoms with van der Waals surface area (Å²) in [5, 5.41) is 0. The third kappa shape index (κ3) is 3.36. The quantitative estimate of drug-likeness (QED) is 0.869. The summed E-state index contributed by atoms with van der Waals surface area (Å²) >= 11 is 0. The predicted molar refractivity (Wildman–Crippen MR) is 76.1 cm³/mol. The van der Waals surface area contributed by atoms with E-state index in [2.05, 4.69) is 4.74 Å². The highest BCUT2D eigenvalue weighted by Gasteiger charge is 2.53. The fourth-order valence-corrected chi connectivity index (χ4v) is 2.06. The lowest BCUT2D eigenvalue weighted by Crippen LogP contribution is -2.41. The first-order valence-corrected chi connectivity index (χ1v) is 6.78. The highest BCUT2D eigenvalue weighted by atomic mass is 19.3. The van der Waals surface area contributed by atoms with E-state index < -0.39 is 30.9 Å². The number of benzene rings is 1. The standard InChI is InChI=1S/C14H20BF2NO3/c1-13(2)14(3,4)21-15(20-13)11(18)9-5-7-10(8-6-9)19-12(16)17/h5-8,11-12H,18H2,1-4H3/t11-/m1/s1. The average molecular weight is 299 g/mol. The number of hydrogen-bond acceptors (Lipinski definition) is 4. The Balaban J connectivity index is 2.09. The first-order valence-electron chi connectivity index (χ1n) is 6.78. The molecule has 1 fully saturated rings. The maximum Gasteiger partial charge on any atom is 0.480 e. The first-order chi connectivity index (χ1) is 9.62. The van der Waals surface area contributed by atoms with Gasteiger partial charge >= 0.3 is 13.7 Å². The van der Waals surface area contributed by atoms with Crippen LogP contribution in [-0.2, 0) is 9.31 Å². The largest absolute Gasteiger partial charge is 0.480 e. The Labute approximate surface area is 123 Å². The normalized spacial score (nSPS) is 21.6. The molecule has 1 saturated heterocycles. The van der Waals surface area contributed by atoms with Crippen molar-refractivity contribution in [3.05, 3.63) is 29.8 Å². The Bertz CT molecular complexity index is 477. The van der Waals surface area contributed by atoms with Gasteiger partial charge in [0.15, 0.2) is 0 Å². The molecular formula is C14H20BF2NO3. The minimum Gasteiger partial charge on any atom is -0.435 e. The van der Waals surface area contributed by atoms with Crippen molar-refractivity contribution in [2.24, 2.45) is 5.73 Å². The van der Waals surface area contributed by atoms with E-state index in [9.17, 15) is 8.78 Å². The molecule has 0 saturated carbocycles. The molecule has 0 aromatic heterocycles. The van der Waals surface area contributed by atoms with Crippen LogP contribution in [0.4, 0.5) is 8.78 Å². The Morgan fingerprint density at radius 1 is 1.05 bits per heavy atom. The van der Waals surface area contributed by atoms with Gasteiger partial charge in [-0.25, -0.2) is 0 Å². The minimum atomic E-state index is -2.84. The molecule has 1 aliphatic heterocycles. The second-order valence-electron chi connectivity index (χ2n) is 6.10. The van der Waals surface area contributed by atoms with Gasteiger partial charge in [-0.05, 0) is 45.4 Å². The third-order valence-electron chi connectivity index (χ3n) is 4.05. The number of halogens is 2. The smallest absolute Gasteiger partial charge is 0.435 e. The molecule has 0 spiro atoms. The van der Waals surface area contributed by atoms with Gasteiger partial charge in [0.1, 0.15) is 5.75 Å². The summed E-state index contributed by atoms with van der Waals surface area (Å²) in [4.78, 5) is 0. The molecule has 21 heavy (non-hydrogen) atoms. The maximum atomic E-state index is 12.1. The summed E-state index contributed by atoms with van der Waals surface area (Å²) in [7, 11) is -0.586. The Hall–Kier alpha value is -1.18. The molecular weight excluding hydrogens is 279 g/mol. The van der Waals surface area contributed by atoms with E-state index in [0.29, 0.717) is 0 Å². The molecule has 0 aliphatic carbocycles. The van der Waals surface area contributed by atoms with E-state index in [0.717, 1.165) is 5.56 Å². The summed E-state index contributed by atoms with van der Waals surface area (Å²) in [6, 6.07) is 6.17. The first kappa shape index (κ1) is 16.2. The molecule has 1 aliphatic rings. The second-order valence-corrected chi connectivity index (χ2v) is 6.10. The van der Waals surface area contributed by atoms with Crippen molar-refractivity contribution in [3.8, 4) is 5.75 Å². The van der Waals surface area contributed by atoms with Crippen LogP contribution in [0, 0.1) is 0 Å². The number of ether oxygens (including phenoxy) is 1. The molecule has 0 bridgehead atoms. The van der Waals surface area contributed by atoms with Gasteiger partial charge < -0.3 is 19.8 Å². The van der Waals surface area contributed by atoms with Gasteiger partial charge in [0, 0.05) is 0 Å². The average Bonchev–Trinajstić information content (AvgIpc) is 2.58. The second kappa shape index (κ2) is 5.55. The van der Waals surface area contributed by atoms with Gasteiger partial charge in [0.2, 0.25) is 0 Å². The summed E-state index contributed by atoms with van der Waals surface area (Å²) in [6.45, 7) is 4.93. The van der Waals surface area contributed by atoms with Crippen molar-refractivity contribution in [1.29, 1.82) is 0 Å². The zero-order chi connectivity index (χ0) is 15.8. The molecule has 0 unspecified atom stereocenters. The maximum absolute atomic E-state index is 12.1. The summed E-state index contributed by atoms with van der Waals surface area (Å²) in [6.07, 6.45) is 0.